The number of aryl methyl sites for hydroxylation is 3. The number of hydrogen-bond donors (Lipinski definition) is 0. The Hall–Kier alpha value is -1.55. The Morgan fingerprint density at radius 1 is 1.09 bits per heavy atom. The summed E-state index contributed by atoms with van der Waals surface area (Å²) in [5.74, 6) is 0.0591. The van der Waals surface area contributed by atoms with Crippen LogP contribution < -0.4 is 0 Å². The number of carbonyl (C=O) groups excluding carboxylic acids is 1. The van der Waals surface area contributed by atoms with Crippen molar-refractivity contribution < 1.29 is 4.79 Å². The fourth-order valence-corrected chi connectivity index (χ4v) is 4.02. The third kappa shape index (κ3) is 3.86. The van der Waals surface area contributed by atoms with Crippen LogP contribution in [0.5, 0.6) is 0 Å². The molecule has 1 fully saturated rings. The molecule has 0 atom stereocenters. The number of nitrogens with zero attached hydrogens (tertiary/aromatic N) is 2. The van der Waals surface area contributed by atoms with Gasteiger partial charge in [0.05, 0.1) is 4.91 Å². The van der Waals surface area contributed by atoms with Gasteiger partial charge in [-0.25, -0.2) is 0 Å². The minimum Gasteiger partial charge on any atom is -0.284 e. The van der Waals surface area contributed by atoms with Crippen LogP contribution >= 0.6 is 11.8 Å². The molecule has 4 heteroatoms. The zero-order chi connectivity index (χ0) is 17.3. The van der Waals surface area contributed by atoms with Crippen molar-refractivity contribution in [1.82, 2.24) is 4.90 Å². The number of rotatable bonds is 3. The number of hydrogen-bond acceptors (Lipinski definition) is 3. The van der Waals surface area contributed by atoms with Gasteiger partial charge in [0, 0.05) is 12.1 Å². The highest BCUT2D eigenvalue weighted by Crippen LogP contribution is 2.35. The molecule has 23 heavy (non-hydrogen) atoms. The molecule has 1 saturated heterocycles. The van der Waals surface area contributed by atoms with Gasteiger partial charge < -0.3 is 0 Å². The van der Waals surface area contributed by atoms with Crippen molar-refractivity contribution in [2.45, 2.75) is 60.5 Å². The van der Waals surface area contributed by atoms with E-state index in [1.54, 1.807) is 4.90 Å². The number of amidine groups is 1. The van der Waals surface area contributed by atoms with Crippen LogP contribution in [0.4, 0.5) is 0 Å². The van der Waals surface area contributed by atoms with Crippen LogP contribution in [0.25, 0.3) is 6.08 Å². The second kappa shape index (κ2) is 6.91. The molecule has 0 unspecified atom stereocenters. The van der Waals surface area contributed by atoms with E-state index in [2.05, 4.69) is 37.9 Å². The van der Waals surface area contributed by atoms with E-state index < -0.39 is 0 Å². The number of amides is 1. The molecule has 1 aliphatic heterocycles. The maximum Gasteiger partial charge on any atom is 0.266 e. The van der Waals surface area contributed by atoms with Crippen molar-refractivity contribution in [3.63, 3.8) is 0 Å². The fraction of sp³-hybridized carbons (Fsp3) is 0.474. The lowest BCUT2D eigenvalue weighted by molar-refractivity contribution is -0.123. The first-order valence-electron chi connectivity index (χ1n) is 8.09. The summed E-state index contributed by atoms with van der Waals surface area (Å²) in [7, 11) is 0. The van der Waals surface area contributed by atoms with Crippen LogP contribution in [0, 0.1) is 20.8 Å². The molecule has 0 radical (unpaired) electrons. The molecule has 1 aromatic carbocycles. The first-order valence-corrected chi connectivity index (χ1v) is 8.91. The Labute approximate surface area is 143 Å². The van der Waals surface area contributed by atoms with Crippen molar-refractivity contribution in [3.8, 4) is 0 Å². The zero-order valence-corrected chi connectivity index (χ0v) is 15.9. The maximum absolute atomic E-state index is 12.8. The summed E-state index contributed by atoms with van der Waals surface area (Å²) < 4.78 is 0. The topological polar surface area (TPSA) is 32.7 Å². The monoisotopic (exact) mass is 330 g/mol. The van der Waals surface area contributed by atoms with E-state index in [1.807, 2.05) is 33.8 Å². The van der Waals surface area contributed by atoms with Crippen LogP contribution in [0.2, 0.25) is 0 Å². The SMILES string of the molecule is Cc1cc(C)c(/C=C2/SC(=NC(C)C)N(C(C)C)C2=O)c(C)c1. The predicted octanol–water partition coefficient (Wildman–Crippen LogP) is 4.70. The van der Waals surface area contributed by atoms with Gasteiger partial charge in [-0.05, 0) is 83.0 Å². The lowest BCUT2D eigenvalue weighted by Gasteiger charge is -2.20. The van der Waals surface area contributed by atoms with Crippen LogP contribution in [-0.4, -0.2) is 28.1 Å². The predicted molar refractivity (Wildman–Crippen MR) is 101 cm³/mol. The molecule has 1 aliphatic rings. The largest absolute Gasteiger partial charge is 0.284 e. The molecule has 3 nitrogen and oxygen atoms in total. The van der Waals surface area contributed by atoms with Crippen molar-refractivity contribution in [3.05, 3.63) is 39.3 Å². The van der Waals surface area contributed by atoms with Gasteiger partial charge in [-0.1, -0.05) is 17.7 Å². The average Bonchev–Trinajstić information content (AvgIpc) is 2.69. The van der Waals surface area contributed by atoms with Crippen molar-refractivity contribution >= 4 is 28.9 Å². The Morgan fingerprint density at radius 3 is 2.13 bits per heavy atom. The van der Waals surface area contributed by atoms with Crippen LogP contribution in [0.15, 0.2) is 22.0 Å². The van der Waals surface area contributed by atoms with E-state index in [1.165, 1.54) is 28.5 Å². The molecule has 0 N–H and O–H groups in total. The van der Waals surface area contributed by atoms with E-state index in [4.69, 9.17) is 0 Å². The Bertz CT molecular complexity index is 664. The van der Waals surface area contributed by atoms with Crippen LogP contribution in [0.3, 0.4) is 0 Å². The number of thioether (sulfide) groups is 1. The minimum absolute atomic E-state index is 0.0591. The molecule has 2 rings (SSSR count). The molecule has 0 aliphatic carbocycles. The first-order chi connectivity index (χ1) is 10.7. The van der Waals surface area contributed by atoms with Gasteiger partial charge in [0.2, 0.25) is 0 Å². The fourth-order valence-electron chi connectivity index (χ4n) is 2.80. The molecule has 0 aromatic heterocycles. The molecule has 124 valence electrons. The smallest absolute Gasteiger partial charge is 0.266 e. The minimum atomic E-state index is 0.0591. The van der Waals surface area contributed by atoms with E-state index in [0.717, 1.165) is 15.6 Å². The normalized spacial score (nSPS) is 19.0. The van der Waals surface area contributed by atoms with Crippen molar-refractivity contribution in [1.29, 1.82) is 0 Å². The highest BCUT2D eigenvalue weighted by Gasteiger charge is 2.35. The summed E-state index contributed by atoms with van der Waals surface area (Å²) in [6.07, 6.45) is 2.02. The van der Waals surface area contributed by atoms with E-state index in [-0.39, 0.29) is 18.0 Å². The van der Waals surface area contributed by atoms with E-state index in [0.29, 0.717) is 0 Å². The summed E-state index contributed by atoms with van der Waals surface area (Å²) >= 11 is 1.49. The number of aliphatic imine (C=N–C) groups is 1. The first kappa shape index (κ1) is 17.8. The Balaban J connectivity index is 2.47. The summed E-state index contributed by atoms with van der Waals surface area (Å²) in [5, 5.41) is 0.814. The highest BCUT2D eigenvalue weighted by molar-refractivity contribution is 8.18. The van der Waals surface area contributed by atoms with Gasteiger partial charge in [-0.2, -0.15) is 0 Å². The quantitative estimate of drug-likeness (QED) is 0.752. The van der Waals surface area contributed by atoms with E-state index >= 15 is 0 Å². The Morgan fingerprint density at radius 2 is 1.65 bits per heavy atom. The lowest BCUT2D eigenvalue weighted by atomic mass is 9.99. The zero-order valence-electron chi connectivity index (χ0n) is 15.1. The standard InChI is InChI=1S/C19H26N2OS/c1-11(2)20-19-21(12(3)4)18(22)17(23-19)10-16-14(6)8-13(5)9-15(16)7/h8-12H,1-7H3/b17-10+,20-19?. The summed E-state index contributed by atoms with van der Waals surface area (Å²) in [6.45, 7) is 14.4. The van der Waals surface area contributed by atoms with Gasteiger partial charge in [-0.3, -0.25) is 14.7 Å². The lowest BCUT2D eigenvalue weighted by Crippen LogP contribution is -2.35. The van der Waals surface area contributed by atoms with E-state index in [9.17, 15) is 4.79 Å². The molecule has 1 aromatic rings. The van der Waals surface area contributed by atoms with Crippen LogP contribution in [0.1, 0.15) is 49.9 Å². The third-order valence-corrected chi connectivity index (χ3v) is 4.73. The highest BCUT2D eigenvalue weighted by atomic mass is 32.2. The van der Waals surface area contributed by atoms with Gasteiger partial charge in [0.15, 0.2) is 5.17 Å². The number of benzene rings is 1. The second-order valence-corrected chi connectivity index (χ2v) is 7.71. The van der Waals surface area contributed by atoms with Gasteiger partial charge in [0.1, 0.15) is 0 Å². The Kier molecular flexibility index (Phi) is 5.35. The average molecular weight is 330 g/mol. The molecule has 0 bridgehead atoms. The summed E-state index contributed by atoms with van der Waals surface area (Å²) in [6, 6.07) is 4.60. The second-order valence-electron chi connectivity index (χ2n) is 6.70. The maximum atomic E-state index is 12.8. The van der Waals surface area contributed by atoms with Gasteiger partial charge in [0.25, 0.3) is 5.91 Å². The molecule has 1 heterocycles. The van der Waals surface area contributed by atoms with Gasteiger partial charge in [-0.15, -0.1) is 0 Å². The summed E-state index contributed by atoms with van der Waals surface area (Å²) in [4.78, 5) is 20.0. The molecule has 0 spiro atoms. The third-order valence-electron chi connectivity index (χ3n) is 3.74. The summed E-state index contributed by atoms with van der Waals surface area (Å²) in [5.41, 5.74) is 4.79. The molecule has 1 amide bonds. The number of carbonyl (C=O) groups is 1. The molecule has 0 saturated carbocycles. The molecular formula is C19H26N2OS. The van der Waals surface area contributed by atoms with Crippen molar-refractivity contribution in [2.24, 2.45) is 4.99 Å². The van der Waals surface area contributed by atoms with Crippen LogP contribution in [-0.2, 0) is 4.79 Å². The van der Waals surface area contributed by atoms with Gasteiger partial charge >= 0.3 is 0 Å². The molecular weight excluding hydrogens is 304 g/mol. The van der Waals surface area contributed by atoms with Crippen molar-refractivity contribution in [2.75, 3.05) is 0 Å².